The number of aromatic nitrogens is 2. The van der Waals surface area contributed by atoms with Gasteiger partial charge in [0.2, 0.25) is 0 Å². The van der Waals surface area contributed by atoms with E-state index >= 15 is 0 Å². The fourth-order valence-corrected chi connectivity index (χ4v) is 1.61. The largest absolute Gasteiger partial charge is 0.346 e. The topological polar surface area (TPSA) is 71.8 Å². The van der Waals surface area contributed by atoms with Gasteiger partial charge in [-0.1, -0.05) is 13.3 Å². The third-order valence-electron chi connectivity index (χ3n) is 2.48. The van der Waals surface area contributed by atoms with Crippen molar-refractivity contribution in [1.29, 1.82) is 0 Å². The van der Waals surface area contributed by atoms with Gasteiger partial charge in [0.25, 0.3) is 0 Å². The lowest BCUT2D eigenvalue weighted by Gasteiger charge is -2.21. The van der Waals surface area contributed by atoms with Crippen molar-refractivity contribution in [3.8, 4) is 0 Å². The zero-order chi connectivity index (χ0) is 11.3. The number of hydrogen-bond donors (Lipinski definition) is 2. The predicted molar refractivity (Wildman–Crippen MR) is 58.4 cm³/mol. The van der Waals surface area contributed by atoms with Gasteiger partial charge in [0, 0.05) is 5.69 Å². The Labute approximate surface area is 90.3 Å². The lowest BCUT2D eigenvalue weighted by molar-refractivity contribution is -0.112. The van der Waals surface area contributed by atoms with Crippen LogP contribution in [0.5, 0.6) is 0 Å². The summed E-state index contributed by atoms with van der Waals surface area (Å²) in [6.07, 6.45) is 6.73. The first-order chi connectivity index (χ1) is 7.09. The molecule has 0 saturated heterocycles. The smallest absolute Gasteiger partial charge is 0.139 e. The van der Waals surface area contributed by atoms with Crippen molar-refractivity contribution in [2.75, 3.05) is 0 Å². The van der Waals surface area contributed by atoms with Crippen LogP contribution in [0.15, 0.2) is 0 Å². The van der Waals surface area contributed by atoms with Gasteiger partial charge >= 0.3 is 0 Å². The summed E-state index contributed by atoms with van der Waals surface area (Å²) in [5.41, 5.74) is 6.17. The fourth-order valence-electron chi connectivity index (χ4n) is 1.61. The molecule has 15 heavy (non-hydrogen) atoms. The monoisotopic (exact) mass is 208 g/mol. The van der Waals surface area contributed by atoms with E-state index in [4.69, 9.17) is 5.73 Å². The fraction of sp³-hybridized carbons (Fsp3) is 0.636. The Hall–Kier alpha value is -1.16. The minimum atomic E-state index is -0.693. The average Bonchev–Trinajstić information content (AvgIpc) is 2.62. The van der Waals surface area contributed by atoms with Crippen molar-refractivity contribution < 1.29 is 4.79 Å². The summed E-state index contributed by atoms with van der Waals surface area (Å²) >= 11 is 0. The molecule has 0 aliphatic carbocycles. The molecule has 1 unspecified atom stereocenters. The quantitative estimate of drug-likeness (QED) is 0.689. The van der Waals surface area contributed by atoms with Crippen molar-refractivity contribution >= 4 is 6.29 Å². The summed E-state index contributed by atoms with van der Waals surface area (Å²) in [4.78, 5) is 17.9. The van der Waals surface area contributed by atoms with E-state index in [-0.39, 0.29) is 0 Å². The number of rotatable bonds is 6. The molecule has 1 radical (unpaired) electrons. The number of aldehydes is 1. The van der Waals surface area contributed by atoms with Gasteiger partial charge in [-0.2, -0.15) is 0 Å². The molecule has 4 nitrogen and oxygen atoms in total. The molecule has 0 aliphatic rings. The average molecular weight is 208 g/mol. The highest BCUT2D eigenvalue weighted by molar-refractivity contribution is 5.63. The number of carbonyl (C=O) groups excluding carboxylic acids is 1. The number of carbonyl (C=O) groups is 1. The molecule has 1 rings (SSSR count). The Kier molecular flexibility index (Phi) is 4.03. The molecule has 1 aromatic heterocycles. The number of hydrogen-bond acceptors (Lipinski definition) is 3. The molecule has 0 aromatic carbocycles. The standard InChI is InChI=1S/C11H18N3O/c1-3-5-11(12,8-15)6-4-10-7-13-9(2)14-10/h8H,3-6,12H2,1-2H3,(H,13,14). The van der Waals surface area contributed by atoms with Crippen molar-refractivity contribution in [3.63, 3.8) is 0 Å². The van der Waals surface area contributed by atoms with Gasteiger partial charge in [0.05, 0.1) is 5.54 Å². The highest BCUT2D eigenvalue weighted by Gasteiger charge is 2.22. The SMILES string of the molecule is CCCC(N)(C=O)CCc1[c]nc(C)[nH]1. The molecule has 3 N–H and O–H groups in total. The van der Waals surface area contributed by atoms with Crippen LogP contribution in [-0.4, -0.2) is 21.8 Å². The van der Waals surface area contributed by atoms with Gasteiger partial charge in [0.15, 0.2) is 0 Å². The molecule has 0 amide bonds. The molecule has 83 valence electrons. The minimum absolute atomic E-state index is 0.641. The first-order valence-corrected chi connectivity index (χ1v) is 5.28. The molecular weight excluding hydrogens is 190 g/mol. The summed E-state index contributed by atoms with van der Waals surface area (Å²) in [6, 6.07) is 0. The second-order valence-corrected chi connectivity index (χ2v) is 4.01. The molecule has 0 saturated carbocycles. The Bertz CT molecular complexity index is 321. The van der Waals surface area contributed by atoms with E-state index in [9.17, 15) is 4.79 Å². The normalized spacial score (nSPS) is 14.9. The summed E-state index contributed by atoms with van der Waals surface area (Å²) in [5.74, 6) is 0.842. The van der Waals surface area contributed by atoms with E-state index in [1.54, 1.807) is 0 Å². The lowest BCUT2D eigenvalue weighted by Crippen LogP contribution is -2.41. The maximum atomic E-state index is 10.9. The van der Waals surface area contributed by atoms with Gasteiger partial charge in [-0.05, 0) is 26.2 Å². The third kappa shape index (κ3) is 3.47. The number of H-pyrrole nitrogens is 1. The first kappa shape index (κ1) is 11.9. The Morgan fingerprint density at radius 2 is 2.33 bits per heavy atom. The van der Waals surface area contributed by atoms with Crippen LogP contribution in [-0.2, 0) is 11.2 Å². The number of imidazole rings is 1. The Balaban J connectivity index is 2.50. The highest BCUT2D eigenvalue weighted by Crippen LogP contribution is 2.14. The molecule has 0 aliphatic heterocycles. The van der Waals surface area contributed by atoms with E-state index in [1.165, 1.54) is 0 Å². The van der Waals surface area contributed by atoms with E-state index in [2.05, 4.69) is 16.2 Å². The van der Waals surface area contributed by atoms with Crippen molar-refractivity contribution in [2.24, 2.45) is 5.73 Å². The molecule has 1 heterocycles. The molecule has 4 heteroatoms. The van der Waals surface area contributed by atoms with Crippen LogP contribution < -0.4 is 5.73 Å². The predicted octanol–water partition coefficient (Wildman–Crippen LogP) is 1.15. The summed E-state index contributed by atoms with van der Waals surface area (Å²) in [6.45, 7) is 3.90. The van der Waals surface area contributed by atoms with Gasteiger partial charge in [-0.3, -0.25) is 0 Å². The number of nitrogens with one attached hydrogen (secondary N) is 1. The Morgan fingerprint density at radius 1 is 1.60 bits per heavy atom. The van der Waals surface area contributed by atoms with Crippen LogP contribution in [0, 0.1) is 13.1 Å². The summed E-state index contributed by atoms with van der Waals surface area (Å²) < 4.78 is 0. The van der Waals surface area contributed by atoms with Gasteiger partial charge < -0.3 is 15.5 Å². The number of aromatic amines is 1. The maximum Gasteiger partial charge on any atom is 0.139 e. The second-order valence-electron chi connectivity index (χ2n) is 4.01. The van der Waals surface area contributed by atoms with Crippen LogP contribution >= 0.6 is 0 Å². The van der Waals surface area contributed by atoms with Crippen molar-refractivity contribution in [3.05, 3.63) is 17.7 Å². The van der Waals surface area contributed by atoms with Crippen LogP contribution in [0.1, 0.15) is 37.7 Å². The van der Waals surface area contributed by atoms with Gasteiger partial charge in [0.1, 0.15) is 18.3 Å². The second kappa shape index (κ2) is 5.07. The lowest BCUT2D eigenvalue weighted by atomic mass is 9.91. The van der Waals surface area contributed by atoms with E-state index in [1.807, 2.05) is 13.8 Å². The maximum absolute atomic E-state index is 10.9. The van der Waals surface area contributed by atoms with Crippen LogP contribution in [0.4, 0.5) is 0 Å². The van der Waals surface area contributed by atoms with E-state index in [0.29, 0.717) is 6.42 Å². The van der Waals surface area contributed by atoms with Gasteiger partial charge in [-0.25, -0.2) is 4.98 Å². The van der Waals surface area contributed by atoms with Gasteiger partial charge in [-0.15, -0.1) is 0 Å². The third-order valence-corrected chi connectivity index (χ3v) is 2.48. The van der Waals surface area contributed by atoms with Crippen LogP contribution in [0.25, 0.3) is 0 Å². The molecule has 0 bridgehead atoms. The minimum Gasteiger partial charge on any atom is -0.346 e. The Morgan fingerprint density at radius 3 is 2.80 bits per heavy atom. The highest BCUT2D eigenvalue weighted by atomic mass is 16.1. The van der Waals surface area contributed by atoms with Crippen LogP contribution in [0.2, 0.25) is 0 Å². The molecule has 1 atom stereocenters. The summed E-state index contributed by atoms with van der Waals surface area (Å²) in [7, 11) is 0. The molecule has 0 fully saturated rings. The first-order valence-electron chi connectivity index (χ1n) is 5.28. The van der Waals surface area contributed by atoms with Crippen molar-refractivity contribution in [1.82, 2.24) is 9.97 Å². The van der Waals surface area contributed by atoms with Crippen molar-refractivity contribution in [2.45, 2.75) is 45.1 Å². The zero-order valence-electron chi connectivity index (χ0n) is 9.34. The molecule has 1 aromatic rings. The van der Waals surface area contributed by atoms with E-state index < -0.39 is 5.54 Å². The van der Waals surface area contributed by atoms with E-state index in [0.717, 1.165) is 37.1 Å². The van der Waals surface area contributed by atoms with Crippen LogP contribution in [0.3, 0.4) is 0 Å². The molecule has 0 spiro atoms. The molecular formula is C11H18N3O. The number of aryl methyl sites for hydroxylation is 2. The zero-order valence-corrected chi connectivity index (χ0v) is 9.34. The summed E-state index contributed by atoms with van der Waals surface area (Å²) in [5, 5.41) is 0. The number of nitrogens with zero attached hydrogens (tertiary/aromatic N) is 1. The number of nitrogens with two attached hydrogens (primary N) is 1.